The number of rotatable bonds is 7. The second kappa shape index (κ2) is 8.11. The van der Waals surface area contributed by atoms with Crippen LogP contribution in [0.15, 0.2) is 54.6 Å². The monoisotopic (exact) mass is 364 g/mol. The fraction of sp³-hybridized carbons (Fsp3) is 0.278. The molecule has 0 unspecified atom stereocenters. The molecule has 2 aromatic rings. The normalized spacial score (nSPS) is 12.4. The van der Waals surface area contributed by atoms with Gasteiger partial charge >= 0.3 is 0 Å². The Balaban J connectivity index is 2.15. The molecule has 0 spiro atoms. The van der Waals surface area contributed by atoms with Crippen molar-refractivity contribution in [2.75, 3.05) is 17.1 Å². The molecule has 0 heterocycles. The van der Waals surface area contributed by atoms with Gasteiger partial charge in [0.1, 0.15) is 12.4 Å². The first-order valence-corrected chi connectivity index (χ1v) is 9.73. The lowest BCUT2D eigenvalue weighted by Gasteiger charge is -2.24. The van der Waals surface area contributed by atoms with Crippen LogP contribution in [0.1, 0.15) is 24.9 Å². The number of nitrogens with one attached hydrogen (secondary N) is 1. The number of benzene rings is 2. The van der Waals surface area contributed by atoms with Gasteiger partial charge in [-0.3, -0.25) is 9.10 Å². The molecule has 1 N–H and O–H groups in total. The highest BCUT2D eigenvalue weighted by atomic mass is 32.2. The van der Waals surface area contributed by atoms with Gasteiger partial charge < -0.3 is 5.32 Å². The van der Waals surface area contributed by atoms with Crippen LogP contribution in [0.25, 0.3) is 0 Å². The third-order valence-electron chi connectivity index (χ3n) is 3.75. The summed E-state index contributed by atoms with van der Waals surface area (Å²) in [5.74, 6) is -0.901. The molecule has 0 radical (unpaired) electrons. The number of sulfonamides is 1. The van der Waals surface area contributed by atoms with E-state index in [1.165, 1.54) is 12.1 Å². The molecule has 2 aromatic carbocycles. The number of carbonyl (C=O) groups excluding carboxylic acids is 1. The lowest BCUT2D eigenvalue weighted by atomic mass is 10.0. The van der Waals surface area contributed by atoms with Crippen molar-refractivity contribution in [2.45, 2.75) is 19.4 Å². The smallest absolute Gasteiger partial charge is 0.241 e. The Morgan fingerprint density at radius 3 is 2.24 bits per heavy atom. The summed E-state index contributed by atoms with van der Waals surface area (Å²) in [5.41, 5.74) is 1.19. The summed E-state index contributed by atoms with van der Waals surface area (Å²) >= 11 is 0. The Bertz CT molecular complexity index is 808. The Labute approximate surface area is 147 Å². The summed E-state index contributed by atoms with van der Waals surface area (Å²) in [4.78, 5) is 12.4. The molecule has 0 bridgehead atoms. The van der Waals surface area contributed by atoms with Gasteiger partial charge in [0.2, 0.25) is 15.9 Å². The van der Waals surface area contributed by atoms with E-state index in [0.717, 1.165) is 28.3 Å². The van der Waals surface area contributed by atoms with Crippen molar-refractivity contribution in [1.29, 1.82) is 0 Å². The van der Waals surface area contributed by atoms with E-state index < -0.39 is 21.7 Å². The van der Waals surface area contributed by atoms with Gasteiger partial charge in [-0.15, -0.1) is 0 Å². The van der Waals surface area contributed by atoms with Crippen LogP contribution < -0.4 is 9.62 Å². The first-order chi connectivity index (χ1) is 11.8. The molecule has 0 saturated carbocycles. The molecule has 5 nitrogen and oxygen atoms in total. The number of hydrogen-bond donors (Lipinski definition) is 1. The van der Waals surface area contributed by atoms with E-state index in [4.69, 9.17) is 0 Å². The van der Waals surface area contributed by atoms with Gasteiger partial charge in [-0.2, -0.15) is 0 Å². The number of nitrogens with zero attached hydrogens (tertiary/aromatic N) is 1. The molecule has 0 aliphatic rings. The largest absolute Gasteiger partial charge is 0.348 e. The van der Waals surface area contributed by atoms with Gasteiger partial charge in [0.05, 0.1) is 18.0 Å². The summed E-state index contributed by atoms with van der Waals surface area (Å²) in [6.07, 6.45) is 1.68. The number of carbonyl (C=O) groups is 1. The Hall–Kier alpha value is -2.41. The third kappa shape index (κ3) is 5.29. The van der Waals surface area contributed by atoms with Crippen LogP contribution in [0.2, 0.25) is 0 Å². The average Bonchev–Trinajstić information content (AvgIpc) is 2.58. The second-order valence-electron chi connectivity index (χ2n) is 5.69. The van der Waals surface area contributed by atoms with Gasteiger partial charge in [-0.1, -0.05) is 37.3 Å². The second-order valence-corrected chi connectivity index (χ2v) is 7.59. The van der Waals surface area contributed by atoms with Crippen LogP contribution in [-0.2, 0) is 14.8 Å². The molecule has 0 fully saturated rings. The fourth-order valence-corrected chi connectivity index (χ4v) is 3.34. The van der Waals surface area contributed by atoms with Crippen molar-refractivity contribution in [3.05, 3.63) is 66.0 Å². The molecule has 0 saturated heterocycles. The van der Waals surface area contributed by atoms with Gasteiger partial charge in [-0.25, -0.2) is 12.8 Å². The maximum absolute atomic E-state index is 13.1. The Morgan fingerprint density at radius 2 is 1.72 bits per heavy atom. The lowest BCUT2D eigenvalue weighted by molar-refractivity contribution is -0.120. The average molecular weight is 364 g/mol. The van der Waals surface area contributed by atoms with Crippen molar-refractivity contribution in [2.24, 2.45) is 0 Å². The van der Waals surface area contributed by atoms with Gasteiger partial charge in [0, 0.05) is 0 Å². The highest BCUT2D eigenvalue weighted by Gasteiger charge is 2.22. The first kappa shape index (κ1) is 18.9. The summed E-state index contributed by atoms with van der Waals surface area (Å²) in [6.45, 7) is 1.57. The summed E-state index contributed by atoms with van der Waals surface area (Å²) < 4.78 is 38.1. The van der Waals surface area contributed by atoms with Crippen molar-refractivity contribution in [3.63, 3.8) is 0 Å². The highest BCUT2D eigenvalue weighted by Crippen LogP contribution is 2.19. The van der Waals surface area contributed by atoms with Crippen molar-refractivity contribution in [1.82, 2.24) is 5.32 Å². The van der Waals surface area contributed by atoms with Crippen molar-refractivity contribution >= 4 is 21.6 Å². The number of amides is 1. The van der Waals surface area contributed by atoms with Gasteiger partial charge in [0.15, 0.2) is 0 Å². The van der Waals surface area contributed by atoms with Gasteiger partial charge in [0.25, 0.3) is 0 Å². The quantitative estimate of drug-likeness (QED) is 0.821. The molecular weight excluding hydrogens is 343 g/mol. The highest BCUT2D eigenvalue weighted by molar-refractivity contribution is 7.92. The minimum Gasteiger partial charge on any atom is -0.348 e. The molecule has 1 amide bonds. The molecule has 1 atom stereocenters. The Morgan fingerprint density at radius 1 is 1.12 bits per heavy atom. The minimum atomic E-state index is -3.68. The summed E-state index contributed by atoms with van der Waals surface area (Å²) in [5, 5.41) is 2.85. The molecule has 0 aromatic heterocycles. The fourth-order valence-electron chi connectivity index (χ4n) is 2.48. The third-order valence-corrected chi connectivity index (χ3v) is 4.89. The molecule has 25 heavy (non-hydrogen) atoms. The van der Waals surface area contributed by atoms with E-state index in [2.05, 4.69) is 5.32 Å². The van der Waals surface area contributed by atoms with Crippen LogP contribution in [0.5, 0.6) is 0 Å². The SMILES string of the molecule is CC[C@H](NC(=O)CN(c1ccc(F)cc1)S(C)(=O)=O)c1ccccc1. The lowest BCUT2D eigenvalue weighted by Crippen LogP contribution is -2.41. The first-order valence-electron chi connectivity index (χ1n) is 7.89. The molecule has 7 heteroatoms. The number of hydrogen-bond acceptors (Lipinski definition) is 3. The summed E-state index contributed by atoms with van der Waals surface area (Å²) in [6, 6.07) is 14.2. The minimum absolute atomic E-state index is 0.205. The van der Waals surface area contributed by atoms with Crippen LogP contribution in [0.3, 0.4) is 0 Å². The van der Waals surface area contributed by atoms with Crippen LogP contribution in [-0.4, -0.2) is 27.1 Å². The van der Waals surface area contributed by atoms with E-state index in [-0.39, 0.29) is 18.3 Å². The zero-order chi connectivity index (χ0) is 18.4. The maximum atomic E-state index is 13.1. The zero-order valence-electron chi connectivity index (χ0n) is 14.1. The number of halogens is 1. The van der Waals surface area contributed by atoms with Crippen LogP contribution in [0, 0.1) is 5.82 Å². The zero-order valence-corrected chi connectivity index (χ0v) is 15.0. The van der Waals surface area contributed by atoms with Crippen LogP contribution >= 0.6 is 0 Å². The Kier molecular flexibility index (Phi) is 6.14. The van der Waals surface area contributed by atoms with E-state index in [0.29, 0.717) is 6.42 Å². The molecule has 0 aliphatic carbocycles. The van der Waals surface area contributed by atoms with Crippen LogP contribution in [0.4, 0.5) is 10.1 Å². The predicted molar refractivity (Wildman–Crippen MR) is 96.2 cm³/mol. The van der Waals surface area contributed by atoms with E-state index in [1.807, 2.05) is 37.3 Å². The van der Waals surface area contributed by atoms with E-state index >= 15 is 0 Å². The molecular formula is C18H21FN2O3S. The molecule has 134 valence electrons. The standard InChI is InChI=1S/C18H21FN2O3S/c1-3-17(14-7-5-4-6-8-14)20-18(22)13-21(25(2,23)24)16-11-9-15(19)10-12-16/h4-12,17H,3,13H2,1-2H3,(H,20,22)/t17-/m0/s1. The van der Waals surface area contributed by atoms with Crippen molar-refractivity contribution < 1.29 is 17.6 Å². The maximum Gasteiger partial charge on any atom is 0.241 e. The van der Waals surface area contributed by atoms with Crippen molar-refractivity contribution in [3.8, 4) is 0 Å². The topological polar surface area (TPSA) is 66.5 Å². The predicted octanol–water partition coefficient (Wildman–Crippen LogP) is 2.86. The van der Waals surface area contributed by atoms with E-state index in [9.17, 15) is 17.6 Å². The molecule has 0 aliphatic heterocycles. The van der Waals surface area contributed by atoms with Gasteiger partial charge in [-0.05, 0) is 36.2 Å². The number of anilines is 1. The molecule has 2 rings (SSSR count). The summed E-state index contributed by atoms with van der Waals surface area (Å²) in [7, 11) is -3.68. The van der Waals surface area contributed by atoms with E-state index in [1.54, 1.807) is 0 Å².